The maximum absolute atomic E-state index is 2.43. The Morgan fingerprint density at radius 3 is 1.66 bits per heavy atom. The van der Waals surface area contributed by atoms with E-state index in [-0.39, 0.29) is 5.41 Å². The van der Waals surface area contributed by atoms with Crippen molar-refractivity contribution in [2.45, 2.75) is 19.3 Å². The average molecular weight is 488 g/mol. The van der Waals surface area contributed by atoms with E-state index in [1.807, 2.05) is 0 Å². The summed E-state index contributed by atoms with van der Waals surface area (Å²) in [7, 11) is 0. The summed E-state index contributed by atoms with van der Waals surface area (Å²) >= 11 is 0. The molecule has 0 N–H and O–H groups in total. The third-order valence-electron chi connectivity index (χ3n) is 8.01. The van der Waals surface area contributed by atoms with Crippen molar-refractivity contribution < 1.29 is 0 Å². The van der Waals surface area contributed by atoms with Crippen molar-refractivity contribution in [3.63, 3.8) is 0 Å². The second-order valence-electron chi connectivity index (χ2n) is 10.6. The predicted molar refractivity (Wildman–Crippen MR) is 162 cm³/mol. The van der Waals surface area contributed by atoms with Crippen LogP contribution < -0.4 is 4.90 Å². The minimum absolute atomic E-state index is 0.0949. The van der Waals surface area contributed by atoms with Gasteiger partial charge in [0.1, 0.15) is 0 Å². The summed E-state index contributed by atoms with van der Waals surface area (Å²) in [5.41, 5.74) is 11.4. The van der Waals surface area contributed by atoms with Crippen molar-refractivity contribution in [2.75, 3.05) is 4.90 Å². The van der Waals surface area contributed by atoms with E-state index in [2.05, 4.69) is 158 Å². The normalized spacial score (nSPS) is 13.2. The number of hydrogen-bond acceptors (Lipinski definition) is 1. The average Bonchev–Trinajstić information content (AvgIpc) is 3.21. The highest BCUT2D eigenvalue weighted by atomic mass is 15.1. The molecule has 1 aliphatic carbocycles. The largest absolute Gasteiger partial charge is 0.310 e. The smallest absolute Gasteiger partial charge is 0.0546 e. The Bertz CT molecular complexity index is 1730. The van der Waals surface area contributed by atoms with Gasteiger partial charge in [-0.2, -0.15) is 0 Å². The van der Waals surface area contributed by atoms with Gasteiger partial charge in [-0.15, -0.1) is 0 Å². The molecular weight excluding hydrogens is 458 g/mol. The lowest BCUT2D eigenvalue weighted by atomic mass is 9.80. The Hall–Kier alpha value is -4.62. The van der Waals surface area contributed by atoms with E-state index in [1.165, 1.54) is 49.8 Å². The number of hydrogen-bond donors (Lipinski definition) is 0. The summed E-state index contributed by atoms with van der Waals surface area (Å²) in [4.78, 5) is 2.40. The molecule has 0 fully saturated rings. The van der Waals surface area contributed by atoms with E-state index < -0.39 is 0 Å². The summed E-state index contributed by atoms with van der Waals surface area (Å²) in [5.74, 6) is 0. The molecule has 0 radical (unpaired) electrons. The predicted octanol–water partition coefficient (Wildman–Crippen LogP) is 10.3. The molecule has 6 aromatic rings. The van der Waals surface area contributed by atoms with Crippen LogP contribution in [0.15, 0.2) is 140 Å². The molecule has 1 aliphatic rings. The molecule has 1 heteroatoms. The van der Waals surface area contributed by atoms with Crippen molar-refractivity contribution in [1.82, 2.24) is 0 Å². The quantitative estimate of drug-likeness (QED) is 0.239. The van der Waals surface area contributed by atoms with Crippen molar-refractivity contribution in [3.8, 4) is 22.3 Å². The van der Waals surface area contributed by atoms with Crippen LogP contribution in [0, 0.1) is 0 Å². The van der Waals surface area contributed by atoms with E-state index in [1.54, 1.807) is 0 Å². The first-order valence-electron chi connectivity index (χ1n) is 13.3. The van der Waals surface area contributed by atoms with Crippen LogP contribution in [0.4, 0.5) is 17.1 Å². The zero-order valence-electron chi connectivity index (χ0n) is 21.7. The molecular formula is C37H29N. The van der Waals surface area contributed by atoms with Gasteiger partial charge in [-0.05, 0) is 75.2 Å². The van der Waals surface area contributed by atoms with Crippen LogP contribution in [0.1, 0.15) is 25.0 Å². The van der Waals surface area contributed by atoms with Crippen molar-refractivity contribution >= 4 is 27.8 Å². The number of benzene rings is 6. The molecule has 38 heavy (non-hydrogen) atoms. The van der Waals surface area contributed by atoms with E-state index >= 15 is 0 Å². The van der Waals surface area contributed by atoms with Crippen LogP contribution in [0.25, 0.3) is 33.0 Å². The SMILES string of the molecule is CC1(C)c2ccc(-c3ccccc3)cc2-c2cc(N(c3ccccc3)c3ccccc3)c3ccccc3c21. The summed E-state index contributed by atoms with van der Waals surface area (Å²) in [6.45, 7) is 4.75. The first kappa shape index (κ1) is 22.6. The monoisotopic (exact) mass is 487 g/mol. The lowest BCUT2D eigenvalue weighted by molar-refractivity contribution is 0.666. The molecule has 7 rings (SSSR count). The number of rotatable bonds is 4. The molecule has 0 unspecified atom stereocenters. The highest BCUT2D eigenvalue weighted by Gasteiger charge is 2.38. The van der Waals surface area contributed by atoms with Gasteiger partial charge in [-0.25, -0.2) is 0 Å². The molecule has 0 saturated carbocycles. The van der Waals surface area contributed by atoms with Gasteiger partial charge in [0, 0.05) is 22.2 Å². The molecule has 0 bridgehead atoms. The Morgan fingerprint density at radius 1 is 0.474 bits per heavy atom. The number of para-hydroxylation sites is 2. The van der Waals surface area contributed by atoms with Gasteiger partial charge in [0.2, 0.25) is 0 Å². The second kappa shape index (κ2) is 8.75. The van der Waals surface area contributed by atoms with Crippen LogP contribution in [-0.4, -0.2) is 0 Å². The van der Waals surface area contributed by atoms with Gasteiger partial charge >= 0.3 is 0 Å². The Kier molecular flexibility index (Phi) is 5.19. The standard InChI is InChI=1S/C37H29N/c1-37(2)34-23-22-27(26-14-6-3-7-15-26)24-32(34)33-25-35(30-20-12-13-21-31(30)36(33)37)38(28-16-8-4-9-17-28)29-18-10-5-11-19-29/h3-25H,1-2H3. The second-order valence-corrected chi connectivity index (χ2v) is 10.6. The van der Waals surface area contributed by atoms with Crippen LogP contribution in [0.2, 0.25) is 0 Å². The van der Waals surface area contributed by atoms with E-state index in [0.29, 0.717) is 0 Å². The molecule has 0 aliphatic heterocycles. The zero-order valence-corrected chi connectivity index (χ0v) is 21.7. The fraction of sp³-hybridized carbons (Fsp3) is 0.0811. The molecule has 0 amide bonds. The molecule has 1 nitrogen and oxygen atoms in total. The molecule has 0 saturated heterocycles. The zero-order chi connectivity index (χ0) is 25.7. The minimum atomic E-state index is -0.0949. The van der Waals surface area contributed by atoms with Crippen LogP contribution in [0.3, 0.4) is 0 Å². The summed E-state index contributed by atoms with van der Waals surface area (Å²) in [6.07, 6.45) is 0. The summed E-state index contributed by atoms with van der Waals surface area (Å²) in [5, 5.41) is 2.59. The Balaban J connectivity index is 1.54. The fourth-order valence-corrected chi connectivity index (χ4v) is 6.27. The maximum Gasteiger partial charge on any atom is 0.0546 e. The molecule has 6 aromatic carbocycles. The van der Waals surface area contributed by atoms with Crippen molar-refractivity contribution in [2.24, 2.45) is 0 Å². The van der Waals surface area contributed by atoms with E-state index in [9.17, 15) is 0 Å². The van der Waals surface area contributed by atoms with Gasteiger partial charge in [0.25, 0.3) is 0 Å². The number of anilines is 3. The maximum atomic E-state index is 2.43. The Morgan fingerprint density at radius 2 is 1.03 bits per heavy atom. The van der Waals surface area contributed by atoms with E-state index in [4.69, 9.17) is 0 Å². The lowest BCUT2D eigenvalue weighted by Gasteiger charge is -2.29. The van der Waals surface area contributed by atoms with Gasteiger partial charge < -0.3 is 4.90 Å². The first-order valence-corrected chi connectivity index (χ1v) is 13.3. The van der Waals surface area contributed by atoms with Gasteiger partial charge in [-0.3, -0.25) is 0 Å². The third kappa shape index (κ3) is 3.47. The van der Waals surface area contributed by atoms with Gasteiger partial charge in [0.15, 0.2) is 0 Å². The van der Waals surface area contributed by atoms with Gasteiger partial charge in [0.05, 0.1) is 5.69 Å². The molecule has 0 atom stereocenters. The van der Waals surface area contributed by atoms with Gasteiger partial charge in [-0.1, -0.05) is 117 Å². The van der Waals surface area contributed by atoms with Crippen molar-refractivity contribution in [1.29, 1.82) is 0 Å². The lowest BCUT2D eigenvalue weighted by Crippen LogP contribution is -2.16. The van der Waals surface area contributed by atoms with Crippen LogP contribution >= 0.6 is 0 Å². The highest BCUT2D eigenvalue weighted by Crippen LogP contribution is 2.55. The molecule has 0 heterocycles. The fourth-order valence-electron chi connectivity index (χ4n) is 6.27. The number of nitrogens with zero attached hydrogens (tertiary/aromatic N) is 1. The number of fused-ring (bicyclic) bond motifs is 5. The first-order chi connectivity index (χ1) is 18.6. The van der Waals surface area contributed by atoms with Crippen molar-refractivity contribution in [3.05, 3.63) is 151 Å². The minimum Gasteiger partial charge on any atom is -0.310 e. The topological polar surface area (TPSA) is 3.24 Å². The van der Waals surface area contributed by atoms with Crippen LogP contribution in [0.5, 0.6) is 0 Å². The van der Waals surface area contributed by atoms with E-state index in [0.717, 1.165) is 11.4 Å². The molecule has 0 aromatic heterocycles. The molecule has 182 valence electrons. The molecule has 0 spiro atoms. The summed E-state index contributed by atoms with van der Waals surface area (Å²) in [6, 6.07) is 50.5. The van der Waals surface area contributed by atoms with Crippen LogP contribution in [-0.2, 0) is 5.41 Å². The Labute approximate surface area is 224 Å². The highest BCUT2D eigenvalue weighted by molar-refractivity contribution is 6.07. The summed E-state index contributed by atoms with van der Waals surface area (Å²) < 4.78 is 0. The third-order valence-corrected chi connectivity index (χ3v) is 8.01.